The van der Waals surface area contributed by atoms with E-state index in [1.54, 1.807) is 0 Å². The van der Waals surface area contributed by atoms with Crippen molar-refractivity contribution >= 4 is 5.97 Å². The predicted octanol–water partition coefficient (Wildman–Crippen LogP) is 2.20. The van der Waals surface area contributed by atoms with Gasteiger partial charge in [0.15, 0.2) is 5.69 Å². The van der Waals surface area contributed by atoms with Crippen LogP contribution in [-0.2, 0) is 24.1 Å². The fourth-order valence-electron chi connectivity index (χ4n) is 2.80. The number of rotatable bonds is 3. The van der Waals surface area contributed by atoms with Crippen LogP contribution in [0.3, 0.4) is 0 Å². The summed E-state index contributed by atoms with van der Waals surface area (Å²) in [7, 11) is 1.39. The van der Waals surface area contributed by atoms with Crippen molar-refractivity contribution in [3.8, 4) is 0 Å². The molecule has 0 N–H and O–H groups in total. The molecular weight excluding hydrogens is 270 g/mol. The van der Waals surface area contributed by atoms with E-state index in [-0.39, 0.29) is 5.97 Å². The van der Waals surface area contributed by atoms with Crippen molar-refractivity contribution in [2.75, 3.05) is 7.11 Å². The first-order chi connectivity index (χ1) is 10.1. The summed E-state index contributed by atoms with van der Waals surface area (Å²) in [6, 6.07) is 0. The van der Waals surface area contributed by atoms with Crippen LogP contribution < -0.4 is 0 Å². The van der Waals surface area contributed by atoms with Gasteiger partial charge in [-0.2, -0.15) is 5.10 Å². The maximum absolute atomic E-state index is 11.9. The van der Waals surface area contributed by atoms with Crippen molar-refractivity contribution in [1.82, 2.24) is 14.8 Å². The molecule has 0 spiro atoms. The zero-order chi connectivity index (χ0) is 15.0. The Labute approximate surface area is 123 Å². The van der Waals surface area contributed by atoms with E-state index in [4.69, 9.17) is 9.15 Å². The molecule has 0 radical (unpaired) electrons. The molecule has 112 valence electrons. The molecule has 0 aliphatic heterocycles. The van der Waals surface area contributed by atoms with Gasteiger partial charge in [-0.3, -0.25) is 4.68 Å². The summed E-state index contributed by atoms with van der Waals surface area (Å²) in [6.45, 7) is 4.26. The van der Waals surface area contributed by atoms with E-state index < -0.39 is 0 Å². The summed E-state index contributed by atoms with van der Waals surface area (Å²) in [6.07, 6.45) is 4.00. The Morgan fingerprint density at radius 2 is 2.10 bits per heavy atom. The van der Waals surface area contributed by atoms with Crippen LogP contribution in [0.4, 0.5) is 0 Å². The molecule has 0 saturated carbocycles. The van der Waals surface area contributed by atoms with Gasteiger partial charge in [-0.1, -0.05) is 0 Å². The Hall–Kier alpha value is -2.11. The lowest BCUT2D eigenvalue weighted by Gasteiger charge is -2.13. The number of carbonyl (C=O) groups is 1. The summed E-state index contributed by atoms with van der Waals surface area (Å²) in [5.41, 5.74) is 3.45. The molecule has 2 aromatic rings. The van der Waals surface area contributed by atoms with Gasteiger partial charge in [0, 0.05) is 11.3 Å². The Morgan fingerprint density at radius 1 is 1.33 bits per heavy atom. The third-order valence-corrected chi connectivity index (χ3v) is 3.99. The van der Waals surface area contributed by atoms with E-state index in [9.17, 15) is 4.79 Å². The van der Waals surface area contributed by atoms with Crippen LogP contribution in [0.25, 0.3) is 0 Å². The van der Waals surface area contributed by atoms with Crippen LogP contribution in [-0.4, -0.2) is 27.8 Å². The maximum Gasteiger partial charge on any atom is 0.358 e. The molecule has 0 amide bonds. The lowest BCUT2D eigenvalue weighted by Crippen LogP contribution is -2.10. The number of fused-ring (bicyclic) bond motifs is 1. The molecule has 2 heterocycles. The Morgan fingerprint density at radius 3 is 2.76 bits per heavy atom. The average molecular weight is 289 g/mol. The molecule has 0 saturated heterocycles. The molecule has 0 unspecified atom stereocenters. The molecule has 6 nitrogen and oxygen atoms in total. The van der Waals surface area contributed by atoms with Crippen LogP contribution >= 0.6 is 0 Å². The number of ether oxygens (including phenoxy) is 1. The van der Waals surface area contributed by atoms with Crippen LogP contribution in [0.5, 0.6) is 0 Å². The second kappa shape index (κ2) is 5.35. The summed E-state index contributed by atoms with van der Waals surface area (Å²) < 4.78 is 12.3. The molecule has 21 heavy (non-hydrogen) atoms. The molecule has 1 aliphatic carbocycles. The number of carbonyl (C=O) groups excluding carboxylic acids is 1. The molecule has 1 aliphatic rings. The summed E-state index contributed by atoms with van der Waals surface area (Å²) in [5, 5.41) is 4.44. The van der Waals surface area contributed by atoms with Gasteiger partial charge in [-0.25, -0.2) is 9.78 Å². The number of aromatic nitrogens is 3. The summed E-state index contributed by atoms with van der Waals surface area (Å²) in [5.74, 6) is 1.07. The highest BCUT2D eigenvalue weighted by Crippen LogP contribution is 2.25. The second-order valence-corrected chi connectivity index (χ2v) is 5.38. The van der Waals surface area contributed by atoms with Crippen LogP contribution in [0.1, 0.15) is 51.9 Å². The first kappa shape index (κ1) is 13.9. The topological polar surface area (TPSA) is 70.2 Å². The lowest BCUT2D eigenvalue weighted by molar-refractivity contribution is 0.0591. The van der Waals surface area contributed by atoms with E-state index in [0.717, 1.165) is 48.4 Å². The largest absolute Gasteiger partial charge is 0.464 e. The SMILES string of the molecule is COC(=O)c1nn(Cc2nc(C)c(C)o2)c2c1CCCC2. The van der Waals surface area contributed by atoms with Crippen molar-refractivity contribution in [1.29, 1.82) is 0 Å². The van der Waals surface area contributed by atoms with Crippen molar-refractivity contribution < 1.29 is 13.9 Å². The molecule has 2 aromatic heterocycles. The van der Waals surface area contributed by atoms with Gasteiger partial charge < -0.3 is 9.15 Å². The van der Waals surface area contributed by atoms with Crippen LogP contribution in [0.2, 0.25) is 0 Å². The first-order valence-electron chi connectivity index (χ1n) is 7.20. The zero-order valence-corrected chi connectivity index (χ0v) is 12.6. The van der Waals surface area contributed by atoms with Crippen molar-refractivity contribution in [2.45, 2.75) is 46.1 Å². The Bertz CT molecular complexity index is 665. The highest BCUT2D eigenvalue weighted by molar-refractivity contribution is 5.89. The number of hydrogen-bond acceptors (Lipinski definition) is 5. The third-order valence-electron chi connectivity index (χ3n) is 3.99. The van der Waals surface area contributed by atoms with Crippen molar-refractivity contribution in [3.63, 3.8) is 0 Å². The monoisotopic (exact) mass is 289 g/mol. The highest BCUT2D eigenvalue weighted by Gasteiger charge is 2.26. The highest BCUT2D eigenvalue weighted by atomic mass is 16.5. The number of nitrogens with zero attached hydrogens (tertiary/aromatic N) is 3. The second-order valence-electron chi connectivity index (χ2n) is 5.38. The van der Waals surface area contributed by atoms with Gasteiger partial charge in [-0.15, -0.1) is 0 Å². The normalized spacial score (nSPS) is 14.0. The molecular formula is C15H19N3O3. The number of hydrogen-bond donors (Lipinski definition) is 0. The van der Waals surface area contributed by atoms with Crippen molar-refractivity contribution in [2.24, 2.45) is 0 Å². The maximum atomic E-state index is 11.9. The lowest BCUT2D eigenvalue weighted by atomic mass is 9.95. The van der Waals surface area contributed by atoms with Gasteiger partial charge in [0.05, 0.1) is 12.8 Å². The quantitative estimate of drug-likeness (QED) is 0.810. The summed E-state index contributed by atoms with van der Waals surface area (Å²) >= 11 is 0. The van der Waals surface area contributed by atoms with Gasteiger partial charge >= 0.3 is 5.97 Å². The fraction of sp³-hybridized carbons (Fsp3) is 0.533. The van der Waals surface area contributed by atoms with Crippen molar-refractivity contribution in [3.05, 3.63) is 34.3 Å². The zero-order valence-electron chi connectivity index (χ0n) is 12.6. The van der Waals surface area contributed by atoms with Crippen LogP contribution in [0.15, 0.2) is 4.42 Å². The van der Waals surface area contributed by atoms with E-state index in [1.807, 2.05) is 18.5 Å². The molecule has 3 rings (SSSR count). The molecule has 0 atom stereocenters. The fourth-order valence-corrected chi connectivity index (χ4v) is 2.80. The standard InChI is InChI=1S/C15H19N3O3/c1-9-10(2)21-13(16-9)8-18-12-7-5-4-6-11(12)14(17-18)15(19)20-3/h4-8H2,1-3H3. The number of esters is 1. The van der Waals surface area contributed by atoms with Gasteiger partial charge in [0.25, 0.3) is 0 Å². The average Bonchev–Trinajstić information content (AvgIpc) is 3.00. The van der Waals surface area contributed by atoms with E-state index in [2.05, 4.69) is 10.1 Å². The minimum Gasteiger partial charge on any atom is -0.464 e. The van der Waals surface area contributed by atoms with E-state index in [1.165, 1.54) is 7.11 Å². The Balaban J connectivity index is 1.98. The van der Waals surface area contributed by atoms with E-state index >= 15 is 0 Å². The van der Waals surface area contributed by atoms with Gasteiger partial charge in [0.2, 0.25) is 5.89 Å². The van der Waals surface area contributed by atoms with Gasteiger partial charge in [-0.05, 0) is 39.5 Å². The third kappa shape index (κ3) is 2.46. The minimum absolute atomic E-state index is 0.369. The first-order valence-corrected chi connectivity index (χ1v) is 7.20. The van der Waals surface area contributed by atoms with Gasteiger partial charge in [0.1, 0.15) is 12.3 Å². The predicted molar refractivity (Wildman–Crippen MR) is 75.3 cm³/mol. The number of oxazole rings is 1. The molecule has 0 fully saturated rings. The number of aryl methyl sites for hydroxylation is 2. The van der Waals surface area contributed by atoms with Crippen LogP contribution in [0, 0.1) is 13.8 Å². The van der Waals surface area contributed by atoms with E-state index in [0.29, 0.717) is 18.1 Å². The molecule has 0 aromatic carbocycles. The smallest absolute Gasteiger partial charge is 0.358 e. The molecule has 6 heteroatoms. The minimum atomic E-state index is -0.369. The summed E-state index contributed by atoms with van der Waals surface area (Å²) in [4.78, 5) is 16.3. The number of methoxy groups -OCH3 is 1. The Kier molecular flexibility index (Phi) is 3.53. The molecule has 0 bridgehead atoms.